The van der Waals surface area contributed by atoms with E-state index in [1.165, 1.54) is 47.2 Å². The van der Waals surface area contributed by atoms with Crippen molar-refractivity contribution in [3.05, 3.63) is 20.8 Å². The molecular formula is C14H22BrNS. The molecule has 0 radical (unpaired) electrons. The Morgan fingerprint density at radius 2 is 2.06 bits per heavy atom. The van der Waals surface area contributed by atoms with Crippen molar-refractivity contribution < 1.29 is 0 Å². The second-order valence-corrected chi connectivity index (χ2v) is 8.01. The Labute approximate surface area is 117 Å². The fourth-order valence-corrected chi connectivity index (χ4v) is 4.60. The van der Waals surface area contributed by atoms with Gasteiger partial charge in [-0.3, -0.25) is 0 Å². The molecule has 3 heteroatoms. The number of halogens is 1. The zero-order valence-corrected chi connectivity index (χ0v) is 13.2. The number of hydrogen-bond acceptors (Lipinski definition) is 2. The summed E-state index contributed by atoms with van der Waals surface area (Å²) in [6, 6.07) is 5.04. The second kappa shape index (κ2) is 5.85. The Kier molecular flexibility index (Phi) is 4.67. The van der Waals surface area contributed by atoms with Gasteiger partial charge in [-0.25, -0.2) is 0 Å². The first-order chi connectivity index (χ1) is 8.14. The summed E-state index contributed by atoms with van der Waals surface area (Å²) >= 11 is 5.42. The molecule has 1 unspecified atom stereocenters. The molecule has 1 fully saturated rings. The molecule has 0 bridgehead atoms. The molecule has 0 amide bonds. The number of nitrogens with one attached hydrogen (secondary N) is 1. The summed E-state index contributed by atoms with van der Waals surface area (Å²) in [5.41, 5.74) is 0.490. The first-order valence-corrected chi connectivity index (χ1v) is 8.16. The first-order valence-electron chi connectivity index (χ1n) is 6.55. The monoisotopic (exact) mass is 315 g/mol. The Morgan fingerprint density at radius 3 is 2.59 bits per heavy atom. The third-order valence-corrected chi connectivity index (χ3v) is 5.87. The van der Waals surface area contributed by atoms with Gasteiger partial charge in [0.1, 0.15) is 0 Å². The highest BCUT2D eigenvalue weighted by Gasteiger charge is 2.34. The molecule has 1 nitrogen and oxygen atoms in total. The Balaban J connectivity index is 2.05. The molecule has 1 aromatic heterocycles. The van der Waals surface area contributed by atoms with Crippen LogP contribution in [0.5, 0.6) is 0 Å². The van der Waals surface area contributed by atoms with E-state index < -0.39 is 0 Å². The minimum absolute atomic E-state index is 0.490. The van der Waals surface area contributed by atoms with Gasteiger partial charge in [-0.2, -0.15) is 0 Å². The second-order valence-electron chi connectivity index (χ2n) is 5.47. The molecule has 1 aromatic rings. The van der Waals surface area contributed by atoms with E-state index in [2.05, 4.69) is 47.4 Å². The molecule has 1 aliphatic carbocycles. The number of thiophene rings is 1. The van der Waals surface area contributed by atoms with Crippen molar-refractivity contribution in [2.45, 2.75) is 51.5 Å². The predicted octanol–water partition coefficient (Wildman–Crippen LogP) is 4.61. The van der Waals surface area contributed by atoms with Gasteiger partial charge in [0.25, 0.3) is 0 Å². The van der Waals surface area contributed by atoms with Crippen LogP contribution in [0.1, 0.15) is 43.9 Å². The lowest BCUT2D eigenvalue weighted by atomic mass is 9.69. The normalized spacial score (nSPS) is 21.4. The zero-order chi connectivity index (χ0) is 12.3. The van der Waals surface area contributed by atoms with E-state index in [-0.39, 0.29) is 0 Å². The lowest BCUT2D eigenvalue weighted by molar-refractivity contribution is 0.149. The van der Waals surface area contributed by atoms with E-state index in [4.69, 9.17) is 0 Å². The first kappa shape index (κ1) is 13.6. The summed E-state index contributed by atoms with van der Waals surface area (Å²) < 4.78 is 1.25. The summed E-state index contributed by atoms with van der Waals surface area (Å²) in [5, 5.41) is 3.56. The topological polar surface area (TPSA) is 12.0 Å². The van der Waals surface area contributed by atoms with E-state index in [1.807, 2.05) is 11.3 Å². The van der Waals surface area contributed by atoms with Crippen molar-refractivity contribution >= 4 is 27.3 Å². The zero-order valence-electron chi connectivity index (χ0n) is 10.8. The van der Waals surface area contributed by atoms with Crippen LogP contribution >= 0.6 is 27.3 Å². The quantitative estimate of drug-likeness (QED) is 0.855. The summed E-state index contributed by atoms with van der Waals surface area (Å²) in [5.74, 6) is 0. The molecule has 0 aromatic carbocycles. The minimum Gasteiger partial charge on any atom is -0.316 e. The van der Waals surface area contributed by atoms with Gasteiger partial charge in [-0.05, 0) is 59.8 Å². The van der Waals surface area contributed by atoms with Gasteiger partial charge in [0.2, 0.25) is 0 Å². The summed E-state index contributed by atoms with van der Waals surface area (Å²) in [6.07, 6.45) is 8.17. The van der Waals surface area contributed by atoms with Crippen molar-refractivity contribution in [3.63, 3.8) is 0 Å². The van der Waals surface area contributed by atoms with Gasteiger partial charge in [-0.15, -0.1) is 11.3 Å². The molecule has 0 spiro atoms. The van der Waals surface area contributed by atoms with Gasteiger partial charge in [0.05, 0.1) is 3.79 Å². The maximum Gasteiger partial charge on any atom is 0.0701 e. The van der Waals surface area contributed by atoms with Crippen LogP contribution in [0.4, 0.5) is 0 Å². The third kappa shape index (κ3) is 3.33. The lowest BCUT2D eigenvalue weighted by Crippen LogP contribution is -2.44. The van der Waals surface area contributed by atoms with E-state index in [1.54, 1.807) is 0 Å². The molecule has 1 N–H and O–H groups in total. The van der Waals surface area contributed by atoms with Crippen LogP contribution in [0.2, 0.25) is 0 Å². The SMILES string of the molecule is CNC(Cc1ccc(Br)s1)C1(C)CCCCC1. The molecule has 1 saturated carbocycles. The third-order valence-electron chi connectivity index (χ3n) is 4.22. The fourth-order valence-electron chi connectivity index (χ4n) is 3.07. The molecule has 96 valence electrons. The molecule has 17 heavy (non-hydrogen) atoms. The largest absolute Gasteiger partial charge is 0.316 e. The fraction of sp³-hybridized carbons (Fsp3) is 0.714. The lowest BCUT2D eigenvalue weighted by Gasteiger charge is -2.40. The molecular weight excluding hydrogens is 294 g/mol. The molecule has 1 atom stereocenters. The summed E-state index contributed by atoms with van der Waals surface area (Å²) in [7, 11) is 2.12. The van der Waals surface area contributed by atoms with Gasteiger partial charge in [-0.1, -0.05) is 26.2 Å². The van der Waals surface area contributed by atoms with Crippen molar-refractivity contribution in [2.24, 2.45) is 5.41 Å². The van der Waals surface area contributed by atoms with E-state index in [0.29, 0.717) is 11.5 Å². The summed E-state index contributed by atoms with van der Waals surface area (Å²) in [6.45, 7) is 2.47. The van der Waals surface area contributed by atoms with Crippen LogP contribution in [0, 0.1) is 5.41 Å². The average molecular weight is 316 g/mol. The number of likely N-dealkylation sites (N-methyl/N-ethyl adjacent to an activating group) is 1. The van der Waals surface area contributed by atoms with Crippen LogP contribution in [0.25, 0.3) is 0 Å². The highest BCUT2D eigenvalue weighted by Crippen LogP contribution is 2.40. The highest BCUT2D eigenvalue weighted by molar-refractivity contribution is 9.11. The van der Waals surface area contributed by atoms with E-state index in [0.717, 1.165) is 0 Å². The predicted molar refractivity (Wildman–Crippen MR) is 79.8 cm³/mol. The van der Waals surface area contributed by atoms with Crippen LogP contribution in [0.15, 0.2) is 15.9 Å². The van der Waals surface area contributed by atoms with Gasteiger partial charge < -0.3 is 5.32 Å². The minimum atomic E-state index is 0.490. The number of hydrogen-bond donors (Lipinski definition) is 1. The summed E-state index contributed by atoms with van der Waals surface area (Å²) in [4.78, 5) is 1.49. The molecule has 2 rings (SSSR count). The highest BCUT2D eigenvalue weighted by atomic mass is 79.9. The van der Waals surface area contributed by atoms with Crippen molar-refractivity contribution in [3.8, 4) is 0 Å². The molecule has 0 aliphatic heterocycles. The maximum absolute atomic E-state index is 3.56. The van der Waals surface area contributed by atoms with Crippen LogP contribution < -0.4 is 5.32 Å². The maximum atomic E-state index is 3.56. The number of rotatable bonds is 4. The Bertz CT molecular complexity index is 355. The van der Waals surface area contributed by atoms with Crippen molar-refractivity contribution in [1.82, 2.24) is 5.32 Å². The van der Waals surface area contributed by atoms with Gasteiger partial charge >= 0.3 is 0 Å². The van der Waals surface area contributed by atoms with Gasteiger partial charge in [0.15, 0.2) is 0 Å². The smallest absolute Gasteiger partial charge is 0.0701 e. The molecule has 1 heterocycles. The van der Waals surface area contributed by atoms with Crippen LogP contribution in [-0.2, 0) is 6.42 Å². The van der Waals surface area contributed by atoms with Gasteiger partial charge in [0, 0.05) is 10.9 Å². The molecule has 0 saturated heterocycles. The molecule has 1 aliphatic rings. The van der Waals surface area contributed by atoms with Crippen molar-refractivity contribution in [1.29, 1.82) is 0 Å². The van der Waals surface area contributed by atoms with Crippen molar-refractivity contribution in [2.75, 3.05) is 7.05 Å². The Morgan fingerprint density at radius 1 is 1.35 bits per heavy atom. The Hall–Kier alpha value is 0.140. The van der Waals surface area contributed by atoms with Crippen LogP contribution in [-0.4, -0.2) is 13.1 Å². The average Bonchev–Trinajstić information content (AvgIpc) is 2.72. The standard InChI is InChI=1S/C14H22BrNS/c1-14(8-4-3-5-9-14)12(16-2)10-11-6-7-13(15)17-11/h6-7,12,16H,3-5,8-10H2,1-2H3. The van der Waals surface area contributed by atoms with E-state index in [9.17, 15) is 0 Å². The van der Waals surface area contributed by atoms with Crippen LogP contribution in [0.3, 0.4) is 0 Å². The van der Waals surface area contributed by atoms with E-state index >= 15 is 0 Å².